The van der Waals surface area contributed by atoms with Crippen LogP contribution in [-0.4, -0.2) is 47.2 Å². The number of fused-ring (bicyclic) bond motifs is 1. The SMILES string of the molecule is Cc1ccc(S(=O)(=O)n2ccc3c(N(C)C4CC(CO)C4)ncnc32)cc1.[I-].[K+]. The van der Waals surface area contributed by atoms with E-state index in [4.69, 9.17) is 0 Å². The largest absolute Gasteiger partial charge is 1.00 e. The number of benzene rings is 1. The summed E-state index contributed by atoms with van der Waals surface area (Å²) in [7, 11) is -1.78. The Bertz CT molecular complexity index is 1080. The van der Waals surface area contributed by atoms with Gasteiger partial charge in [0.25, 0.3) is 10.0 Å². The van der Waals surface area contributed by atoms with E-state index in [0.29, 0.717) is 22.8 Å². The molecule has 7 nitrogen and oxygen atoms in total. The van der Waals surface area contributed by atoms with Crippen molar-refractivity contribution in [3.63, 3.8) is 0 Å². The normalized spacial score (nSPS) is 18.4. The number of aryl methyl sites for hydroxylation is 1. The van der Waals surface area contributed by atoms with Crippen molar-refractivity contribution >= 4 is 26.9 Å². The van der Waals surface area contributed by atoms with Crippen molar-refractivity contribution in [3.05, 3.63) is 48.4 Å². The Hall–Kier alpha value is -0.0836. The quantitative estimate of drug-likeness (QED) is 0.258. The van der Waals surface area contributed by atoms with Crippen molar-refractivity contribution in [2.45, 2.75) is 30.7 Å². The smallest absolute Gasteiger partial charge is 1.00 e. The Labute approximate surface area is 230 Å². The third-order valence-electron chi connectivity index (χ3n) is 5.36. The van der Waals surface area contributed by atoms with Gasteiger partial charge in [-0.3, -0.25) is 0 Å². The van der Waals surface area contributed by atoms with Gasteiger partial charge < -0.3 is 34.0 Å². The summed E-state index contributed by atoms with van der Waals surface area (Å²) in [5.41, 5.74) is 1.37. The fourth-order valence-corrected chi connectivity index (χ4v) is 4.85. The maximum atomic E-state index is 13.0. The van der Waals surface area contributed by atoms with Crippen LogP contribution in [0.1, 0.15) is 18.4 Å². The molecular weight excluding hydrogens is 530 g/mol. The predicted molar refractivity (Wildman–Crippen MR) is 103 cm³/mol. The van der Waals surface area contributed by atoms with Gasteiger partial charge in [0.2, 0.25) is 0 Å². The van der Waals surface area contributed by atoms with Gasteiger partial charge in [-0.2, -0.15) is 0 Å². The van der Waals surface area contributed by atoms with Crippen LogP contribution in [0.4, 0.5) is 5.82 Å². The number of hydrogen-bond acceptors (Lipinski definition) is 6. The molecule has 0 aliphatic heterocycles. The maximum absolute atomic E-state index is 13.0. The first-order valence-electron chi connectivity index (χ1n) is 8.90. The number of aromatic nitrogens is 3. The molecule has 2 aromatic heterocycles. The molecule has 3 aromatic rings. The maximum Gasteiger partial charge on any atom is 1.00 e. The minimum Gasteiger partial charge on any atom is -1.00 e. The van der Waals surface area contributed by atoms with Crippen LogP contribution in [0.5, 0.6) is 0 Å². The number of aliphatic hydroxyl groups excluding tert-OH is 1. The molecule has 150 valence electrons. The summed E-state index contributed by atoms with van der Waals surface area (Å²) in [5, 5.41) is 9.93. The van der Waals surface area contributed by atoms with E-state index in [1.54, 1.807) is 30.3 Å². The van der Waals surface area contributed by atoms with E-state index < -0.39 is 10.0 Å². The van der Waals surface area contributed by atoms with E-state index >= 15 is 0 Å². The monoisotopic (exact) mass is 552 g/mol. The van der Waals surface area contributed by atoms with Crippen LogP contribution in [-0.2, 0) is 10.0 Å². The molecule has 29 heavy (non-hydrogen) atoms. The summed E-state index contributed by atoms with van der Waals surface area (Å²) in [4.78, 5) is 10.9. The van der Waals surface area contributed by atoms with Gasteiger partial charge in [-0.05, 0) is 43.9 Å². The zero-order valence-electron chi connectivity index (χ0n) is 16.7. The molecule has 1 aromatic carbocycles. The zero-order chi connectivity index (χ0) is 19.2. The molecule has 0 unspecified atom stereocenters. The van der Waals surface area contributed by atoms with Gasteiger partial charge >= 0.3 is 51.4 Å². The predicted octanol–water partition coefficient (Wildman–Crippen LogP) is -3.81. The third-order valence-corrected chi connectivity index (χ3v) is 7.04. The minimum absolute atomic E-state index is 0. The fraction of sp³-hybridized carbons (Fsp3) is 0.368. The number of aliphatic hydroxyl groups is 1. The van der Waals surface area contributed by atoms with Crippen LogP contribution in [0, 0.1) is 12.8 Å². The number of halogens is 1. The molecule has 1 N–H and O–H groups in total. The van der Waals surface area contributed by atoms with Crippen molar-refractivity contribution in [3.8, 4) is 0 Å². The average molecular weight is 552 g/mol. The molecule has 0 bridgehead atoms. The minimum atomic E-state index is -3.73. The molecular formula is C19H22IKN4O3S. The molecule has 0 spiro atoms. The zero-order valence-corrected chi connectivity index (χ0v) is 22.8. The topological polar surface area (TPSA) is 88.3 Å². The first-order chi connectivity index (χ1) is 12.9. The van der Waals surface area contributed by atoms with Gasteiger partial charge in [-0.15, -0.1) is 0 Å². The van der Waals surface area contributed by atoms with Crippen molar-refractivity contribution in [2.24, 2.45) is 5.92 Å². The van der Waals surface area contributed by atoms with E-state index in [1.807, 2.05) is 14.0 Å². The van der Waals surface area contributed by atoms with Crippen LogP contribution in [0.2, 0.25) is 0 Å². The van der Waals surface area contributed by atoms with E-state index in [2.05, 4.69) is 14.9 Å². The van der Waals surface area contributed by atoms with Gasteiger partial charge in [0.1, 0.15) is 12.1 Å². The molecule has 0 radical (unpaired) electrons. The molecule has 10 heteroatoms. The van der Waals surface area contributed by atoms with Crippen molar-refractivity contribution in [2.75, 3.05) is 18.6 Å². The molecule has 4 rings (SSSR count). The van der Waals surface area contributed by atoms with Crippen LogP contribution in [0.15, 0.2) is 47.8 Å². The second-order valence-corrected chi connectivity index (χ2v) is 8.96. The summed E-state index contributed by atoms with van der Waals surface area (Å²) in [6.07, 6.45) is 4.74. The van der Waals surface area contributed by atoms with E-state index in [0.717, 1.165) is 18.4 Å². The van der Waals surface area contributed by atoms with Crippen molar-refractivity contribution in [1.82, 2.24) is 13.9 Å². The molecule has 0 amide bonds. The third kappa shape index (κ3) is 4.74. The second kappa shape index (κ2) is 10.0. The van der Waals surface area contributed by atoms with Crippen molar-refractivity contribution in [1.29, 1.82) is 0 Å². The van der Waals surface area contributed by atoms with E-state index in [-0.39, 0.29) is 92.9 Å². The number of anilines is 1. The Morgan fingerprint density at radius 1 is 1.17 bits per heavy atom. The number of nitrogens with zero attached hydrogens (tertiary/aromatic N) is 4. The van der Waals surface area contributed by atoms with E-state index in [1.165, 1.54) is 16.5 Å². The average Bonchev–Trinajstić information content (AvgIpc) is 3.06. The van der Waals surface area contributed by atoms with Crippen LogP contribution in [0.3, 0.4) is 0 Å². The standard InChI is InChI=1S/C19H22N4O3S.HI.K/c1-13-3-5-16(6-4-13)27(25,26)23-8-7-17-18(20-12-21-19(17)23)22(2)15-9-14(10-15)11-24;;/h3-8,12,14-15,24H,9-11H2,1-2H3;1H;/q;;+1/p-1. The number of rotatable bonds is 5. The van der Waals surface area contributed by atoms with Gasteiger partial charge in [0.15, 0.2) is 5.65 Å². The van der Waals surface area contributed by atoms with Gasteiger partial charge in [0, 0.05) is 25.9 Å². The van der Waals surface area contributed by atoms with Crippen LogP contribution < -0.4 is 80.3 Å². The van der Waals surface area contributed by atoms with Gasteiger partial charge in [0.05, 0.1) is 10.3 Å². The van der Waals surface area contributed by atoms with E-state index in [9.17, 15) is 13.5 Å². The molecule has 1 saturated carbocycles. The second-order valence-electron chi connectivity index (χ2n) is 7.15. The molecule has 0 atom stereocenters. The number of hydrogen-bond donors (Lipinski definition) is 1. The summed E-state index contributed by atoms with van der Waals surface area (Å²) in [5.74, 6) is 1.04. The Morgan fingerprint density at radius 2 is 1.83 bits per heavy atom. The van der Waals surface area contributed by atoms with Crippen molar-refractivity contribution < 1.29 is 88.9 Å². The summed E-state index contributed by atoms with van der Waals surface area (Å²) < 4.78 is 27.3. The molecule has 1 fully saturated rings. The Balaban J connectivity index is 0.00000150. The first-order valence-corrected chi connectivity index (χ1v) is 10.3. The Morgan fingerprint density at radius 3 is 2.45 bits per heavy atom. The van der Waals surface area contributed by atoms with Gasteiger partial charge in [-0.25, -0.2) is 22.4 Å². The molecule has 1 aliphatic rings. The molecule has 0 saturated heterocycles. The molecule has 1 aliphatic carbocycles. The van der Waals surface area contributed by atoms with Crippen LogP contribution in [0.25, 0.3) is 11.0 Å². The molecule has 2 heterocycles. The summed E-state index contributed by atoms with van der Waals surface area (Å²) in [6, 6.07) is 8.80. The summed E-state index contributed by atoms with van der Waals surface area (Å²) >= 11 is 0. The fourth-order valence-electron chi connectivity index (χ4n) is 3.55. The summed E-state index contributed by atoms with van der Waals surface area (Å²) in [6.45, 7) is 2.12. The van der Waals surface area contributed by atoms with Gasteiger partial charge in [-0.1, -0.05) is 17.7 Å². The Kier molecular flexibility index (Phi) is 8.70. The van der Waals surface area contributed by atoms with Crippen LogP contribution >= 0.6 is 0 Å². The first kappa shape index (κ1) is 25.2.